The Morgan fingerprint density at radius 2 is 1.72 bits per heavy atom. The van der Waals surface area contributed by atoms with Gasteiger partial charge in [-0.1, -0.05) is 24.3 Å². The molecule has 0 fully saturated rings. The lowest BCUT2D eigenvalue weighted by Crippen LogP contribution is -2.26. The van der Waals surface area contributed by atoms with Crippen molar-refractivity contribution < 1.29 is 26.3 Å². The number of benzene rings is 3. The topological polar surface area (TPSA) is 76.5 Å². The standard InChI is InChI=1S/C28H29F3N4O3S/c1-19(21-7-9-22(10-8-21)28(29,30)31)33-26-14-13-24(15-25(26)27-17-34(2)18-32-27)39(36,37)35(3)16-20-5-11-23(38-4)12-6-20/h5-15,17-19,33H,16H2,1-4H3/t19-/m1/s1. The van der Waals surface area contributed by atoms with Gasteiger partial charge in [0.2, 0.25) is 10.0 Å². The number of hydrogen-bond acceptors (Lipinski definition) is 5. The number of halogens is 3. The van der Waals surface area contributed by atoms with Crippen LogP contribution in [0, 0.1) is 0 Å². The molecule has 0 aliphatic carbocycles. The molecule has 0 aliphatic rings. The molecule has 0 saturated carbocycles. The summed E-state index contributed by atoms with van der Waals surface area (Å²) in [6.07, 6.45) is -1.04. The van der Waals surface area contributed by atoms with Gasteiger partial charge in [0.1, 0.15) is 5.75 Å². The van der Waals surface area contributed by atoms with Crippen LogP contribution in [-0.4, -0.2) is 36.4 Å². The minimum absolute atomic E-state index is 0.0897. The van der Waals surface area contributed by atoms with E-state index in [0.717, 1.165) is 17.7 Å². The van der Waals surface area contributed by atoms with E-state index in [4.69, 9.17) is 4.74 Å². The number of sulfonamides is 1. The van der Waals surface area contributed by atoms with Crippen LogP contribution in [0.2, 0.25) is 0 Å². The zero-order valence-corrected chi connectivity index (χ0v) is 22.7. The van der Waals surface area contributed by atoms with Gasteiger partial charge in [0.25, 0.3) is 0 Å². The molecule has 0 aliphatic heterocycles. The van der Waals surface area contributed by atoms with Gasteiger partial charge in [-0.25, -0.2) is 13.4 Å². The summed E-state index contributed by atoms with van der Waals surface area (Å²) in [7, 11) is 1.02. The summed E-state index contributed by atoms with van der Waals surface area (Å²) in [6, 6.07) is 16.4. The van der Waals surface area contributed by atoms with Gasteiger partial charge in [-0.2, -0.15) is 17.5 Å². The van der Waals surface area contributed by atoms with Crippen LogP contribution in [0.25, 0.3) is 11.3 Å². The van der Waals surface area contributed by atoms with Crippen LogP contribution in [-0.2, 0) is 29.8 Å². The number of rotatable bonds is 9. The van der Waals surface area contributed by atoms with E-state index in [1.54, 1.807) is 67.6 Å². The fourth-order valence-corrected chi connectivity index (χ4v) is 5.29. The smallest absolute Gasteiger partial charge is 0.416 e. The number of nitrogens with one attached hydrogen (secondary N) is 1. The van der Waals surface area contributed by atoms with Crippen LogP contribution in [0.15, 0.2) is 84.1 Å². The Bertz CT molecular complexity index is 1530. The molecule has 0 spiro atoms. The Hall–Kier alpha value is -3.83. The first-order valence-electron chi connectivity index (χ1n) is 12.0. The molecule has 1 N–H and O–H groups in total. The van der Waals surface area contributed by atoms with Gasteiger partial charge >= 0.3 is 6.18 Å². The minimum atomic E-state index is -4.41. The molecule has 0 amide bonds. The van der Waals surface area contributed by atoms with Gasteiger partial charge < -0.3 is 14.6 Å². The Morgan fingerprint density at radius 3 is 2.28 bits per heavy atom. The summed E-state index contributed by atoms with van der Waals surface area (Å²) in [5, 5.41) is 3.30. The molecule has 4 aromatic rings. The molecule has 1 heterocycles. The highest BCUT2D eigenvalue weighted by molar-refractivity contribution is 7.89. The summed E-state index contributed by atoms with van der Waals surface area (Å²) in [5.41, 5.74) is 2.42. The van der Waals surface area contributed by atoms with Crippen molar-refractivity contribution in [2.45, 2.75) is 30.6 Å². The molecular weight excluding hydrogens is 529 g/mol. The Morgan fingerprint density at radius 1 is 1.05 bits per heavy atom. The van der Waals surface area contributed by atoms with Gasteiger partial charge in [0.05, 0.1) is 29.6 Å². The van der Waals surface area contributed by atoms with Crippen molar-refractivity contribution in [1.29, 1.82) is 0 Å². The average Bonchev–Trinajstić information content (AvgIpc) is 3.34. The van der Waals surface area contributed by atoms with Crippen LogP contribution in [0.1, 0.15) is 29.7 Å². The highest BCUT2D eigenvalue weighted by Crippen LogP contribution is 2.34. The fourth-order valence-electron chi connectivity index (χ4n) is 4.10. The van der Waals surface area contributed by atoms with Gasteiger partial charge in [-0.05, 0) is 60.5 Å². The summed E-state index contributed by atoms with van der Waals surface area (Å²) >= 11 is 0. The van der Waals surface area contributed by atoms with E-state index in [9.17, 15) is 21.6 Å². The number of anilines is 1. The predicted octanol–water partition coefficient (Wildman–Crippen LogP) is 6.11. The normalized spacial score (nSPS) is 12.9. The van der Waals surface area contributed by atoms with Crippen molar-refractivity contribution in [3.63, 3.8) is 0 Å². The molecule has 206 valence electrons. The number of ether oxygens (including phenoxy) is 1. The summed E-state index contributed by atoms with van der Waals surface area (Å²) in [6.45, 7) is 1.98. The zero-order valence-electron chi connectivity index (χ0n) is 21.9. The lowest BCUT2D eigenvalue weighted by molar-refractivity contribution is -0.137. The summed E-state index contributed by atoms with van der Waals surface area (Å²) < 4.78 is 74.1. The van der Waals surface area contributed by atoms with E-state index in [1.165, 1.54) is 29.6 Å². The van der Waals surface area contributed by atoms with E-state index >= 15 is 0 Å². The van der Waals surface area contributed by atoms with E-state index in [0.29, 0.717) is 28.3 Å². The number of alkyl halides is 3. The van der Waals surface area contributed by atoms with Crippen molar-refractivity contribution in [3.8, 4) is 17.0 Å². The fraction of sp³-hybridized carbons (Fsp3) is 0.250. The maximum absolute atomic E-state index is 13.5. The van der Waals surface area contributed by atoms with Crippen LogP contribution >= 0.6 is 0 Å². The van der Waals surface area contributed by atoms with Gasteiger partial charge in [0.15, 0.2) is 0 Å². The van der Waals surface area contributed by atoms with Gasteiger partial charge in [-0.15, -0.1) is 0 Å². The lowest BCUT2D eigenvalue weighted by atomic mass is 10.0. The molecular formula is C28H29F3N4O3S. The molecule has 1 aromatic heterocycles. The van der Waals surface area contributed by atoms with Crippen molar-refractivity contribution in [2.24, 2.45) is 7.05 Å². The minimum Gasteiger partial charge on any atom is -0.497 e. The van der Waals surface area contributed by atoms with Gasteiger partial charge in [-0.3, -0.25) is 0 Å². The van der Waals surface area contributed by atoms with Crippen LogP contribution < -0.4 is 10.1 Å². The van der Waals surface area contributed by atoms with Crippen LogP contribution in [0.5, 0.6) is 5.75 Å². The first kappa shape index (κ1) is 28.2. The molecule has 11 heteroatoms. The second kappa shape index (κ2) is 11.1. The highest BCUT2D eigenvalue weighted by Gasteiger charge is 2.30. The Labute approximate surface area is 225 Å². The third-order valence-electron chi connectivity index (χ3n) is 6.35. The average molecular weight is 559 g/mol. The van der Waals surface area contributed by atoms with Gasteiger partial charge in [0, 0.05) is 44.1 Å². The largest absolute Gasteiger partial charge is 0.497 e. The quantitative estimate of drug-likeness (QED) is 0.268. The zero-order chi connectivity index (χ0) is 28.4. The maximum Gasteiger partial charge on any atom is 0.416 e. The van der Waals surface area contributed by atoms with E-state index in [2.05, 4.69) is 10.3 Å². The molecule has 1 atom stereocenters. The second-order valence-corrected chi connectivity index (χ2v) is 11.3. The molecule has 0 bridgehead atoms. The van der Waals surface area contributed by atoms with E-state index in [-0.39, 0.29) is 17.5 Å². The van der Waals surface area contributed by atoms with E-state index in [1.807, 2.05) is 6.92 Å². The number of hydrogen-bond donors (Lipinski definition) is 1. The van der Waals surface area contributed by atoms with Crippen molar-refractivity contribution in [3.05, 3.63) is 95.9 Å². The molecule has 7 nitrogen and oxygen atoms in total. The summed E-state index contributed by atoms with van der Waals surface area (Å²) in [4.78, 5) is 4.48. The molecule has 3 aromatic carbocycles. The number of aryl methyl sites for hydroxylation is 1. The van der Waals surface area contributed by atoms with Crippen LogP contribution in [0.4, 0.5) is 18.9 Å². The molecule has 0 radical (unpaired) electrons. The second-order valence-electron chi connectivity index (χ2n) is 9.23. The molecule has 0 saturated heterocycles. The lowest BCUT2D eigenvalue weighted by Gasteiger charge is -2.21. The summed E-state index contributed by atoms with van der Waals surface area (Å²) in [5.74, 6) is 0.679. The Balaban J connectivity index is 1.63. The SMILES string of the molecule is COc1ccc(CN(C)S(=O)(=O)c2ccc(N[C@H](C)c3ccc(C(F)(F)F)cc3)c(-c3cn(C)cn3)c2)cc1. The number of nitrogens with zero attached hydrogens (tertiary/aromatic N) is 3. The van der Waals surface area contributed by atoms with Crippen molar-refractivity contribution in [1.82, 2.24) is 13.9 Å². The first-order valence-corrected chi connectivity index (χ1v) is 13.5. The third kappa shape index (κ3) is 6.43. The van der Waals surface area contributed by atoms with Crippen LogP contribution in [0.3, 0.4) is 0 Å². The predicted molar refractivity (Wildman–Crippen MR) is 144 cm³/mol. The highest BCUT2D eigenvalue weighted by atomic mass is 32.2. The third-order valence-corrected chi connectivity index (χ3v) is 8.15. The number of aromatic nitrogens is 2. The molecule has 4 rings (SSSR count). The Kier molecular flexibility index (Phi) is 8.03. The monoisotopic (exact) mass is 558 g/mol. The number of methoxy groups -OCH3 is 1. The van der Waals surface area contributed by atoms with E-state index < -0.39 is 21.8 Å². The molecule has 0 unspecified atom stereocenters. The molecule has 39 heavy (non-hydrogen) atoms. The maximum atomic E-state index is 13.5. The van der Waals surface area contributed by atoms with Crippen molar-refractivity contribution in [2.75, 3.05) is 19.5 Å². The number of imidazole rings is 1. The van der Waals surface area contributed by atoms with Crippen molar-refractivity contribution >= 4 is 15.7 Å². The first-order chi connectivity index (χ1) is 18.4.